The van der Waals surface area contributed by atoms with Crippen molar-refractivity contribution in [1.29, 1.82) is 0 Å². The third kappa shape index (κ3) is 4.99. The van der Waals surface area contributed by atoms with Gasteiger partial charge in [-0.1, -0.05) is 12.1 Å². The van der Waals surface area contributed by atoms with E-state index in [1.165, 1.54) is 12.1 Å². The smallest absolute Gasteiger partial charge is 0.406 e. The number of ether oxygens (including phenoxy) is 1. The number of nitrogens with two attached hydrogens (primary N) is 1. The van der Waals surface area contributed by atoms with Crippen LogP contribution in [0, 0.1) is 0 Å². The van der Waals surface area contributed by atoms with Gasteiger partial charge in [0.15, 0.2) is 0 Å². The van der Waals surface area contributed by atoms with Crippen molar-refractivity contribution in [3.8, 4) is 5.75 Å². The monoisotopic (exact) mass is 255 g/mol. The first-order valence-corrected chi connectivity index (χ1v) is 5.72. The molecule has 2 N–H and O–H groups in total. The molecule has 4 nitrogen and oxygen atoms in total. The van der Waals surface area contributed by atoms with Crippen LogP contribution in [0.4, 0.5) is 13.2 Å². The summed E-state index contributed by atoms with van der Waals surface area (Å²) >= 11 is 0. The van der Waals surface area contributed by atoms with E-state index in [9.17, 15) is 21.6 Å². The number of benzene rings is 1. The predicted molar refractivity (Wildman–Crippen MR) is 49.9 cm³/mol. The molecule has 90 valence electrons. The van der Waals surface area contributed by atoms with Gasteiger partial charge in [-0.05, 0) is 17.7 Å². The minimum Gasteiger partial charge on any atom is -0.406 e. The van der Waals surface area contributed by atoms with Gasteiger partial charge in [0.1, 0.15) is 5.75 Å². The maximum absolute atomic E-state index is 11.8. The number of hydrogen-bond acceptors (Lipinski definition) is 3. The molecule has 0 fully saturated rings. The molecule has 0 heterocycles. The first kappa shape index (κ1) is 12.8. The van der Waals surface area contributed by atoms with Gasteiger partial charge in [0.2, 0.25) is 10.0 Å². The Labute approximate surface area is 89.9 Å². The Morgan fingerprint density at radius 3 is 2.06 bits per heavy atom. The molecule has 1 aromatic carbocycles. The maximum atomic E-state index is 11.8. The van der Waals surface area contributed by atoms with Gasteiger partial charge in [0.05, 0.1) is 5.75 Å². The van der Waals surface area contributed by atoms with E-state index in [0.717, 1.165) is 12.1 Å². The summed E-state index contributed by atoms with van der Waals surface area (Å²) in [6.45, 7) is 0. The maximum Gasteiger partial charge on any atom is 0.573 e. The van der Waals surface area contributed by atoms with Crippen molar-refractivity contribution in [2.24, 2.45) is 5.14 Å². The van der Waals surface area contributed by atoms with E-state index in [0.29, 0.717) is 0 Å². The van der Waals surface area contributed by atoms with E-state index in [2.05, 4.69) is 4.74 Å². The third-order valence-electron chi connectivity index (χ3n) is 1.52. The third-order valence-corrected chi connectivity index (χ3v) is 2.26. The van der Waals surface area contributed by atoms with E-state index >= 15 is 0 Å². The van der Waals surface area contributed by atoms with Gasteiger partial charge < -0.3 is 4.74 Å². The summed E-state index contributed by atoms with van der Waals surface area (Å²) in [7, 11) is -3.69. The van der Waals surface area contributed by atoms with Crippen molar-refractivity contribution in [2.45, 2.75) is 12.1 Å². The van der Waals surface area contributed by atoms with Crippen molar-refractivity contribution in [3.05, 3.63) is 29.8 Å². The Kier molecular flexibility index (Phi) is 3.44. The number of halogens is 3. The molecule has 0 radical (unpaired) electrons. The highest BCUT2D eigenvalue weighted by Crippen LogP contribution is 2.22. The first-order valence-electron chi connectivity index (χ1n) is 4.01. The van der Waals surface area contributed by atoms with Crippen molar-refractivity contribution >= 4 is 10.0 Å². The standard InChI is InChI=1S/C8H8F3NO3S/c9-8(10,11)15-7-3-1-6(2-4-7)5-16(12,13)14/h1-4H,5H2,(H2,12,13,14). The van der Waals surface area contributed by atoms with Crippen LogP contribution in [-0.2, 0) is 15.8 Å². The molecule has 0 aromatic heterocycles. The Morgan fingerprint density at radius 1 is 1.19 bits per heavy atom. The van der Waals surface area contributed by atoms with Crippen LogP contribution in [0.15, 0.2) is 24.3 Å². The van der Waals surface area contributed by atoms with Gasteiger partial charge in [0, 0.05) is 0 Å². The SMILES string of the molecule is NS(=O)(=O)Cc1ccc(OC(F)(F)F)cc1. The molecule has 0 aliphatic carbocycles. The summed E-state index contributed by atoms with van der Waals surface area (Å²) in [6, 6.07) is 4.44. The molecule has 16 heavy (non-hydrogen) atoms. The second-order valence-electron chi connectivity index (χ2n) is 3.00. The molecule has 0 unspecified atom stereocenters. The molecular formula is C8H8F3NO3S. The highest BCUT2D eigenvalue weighted by Gasteiger charge is 2.30. The fraction of sp³-hybridized carbons (Fsp3) is 0.250. The molecule has 0 spiro atoms. The zero-order chi connectivity index (χ0) is 12.4. The van der Waals surface area contributed by atoms with E-state index in [1.807, 2.05) is 0 Å². The zero-order valence-corrected chi connectivity index (χ0v) is 8.68. The summed E-state index contributed by atoms with van der Waals surface area (Å²) in [5.41, 5.74) is 0.289. The summed E-state index contributed by atoms with van der Waals surface area (Å²) in [5, 5.41) is 4.77. The topological polar surface area (TPSA) is 69.4 Å². The van der Waals surface area contributed by atoms with Gasteiger partial charge in [0.25, 0.3) is 0 Å². The minimum absolute atomic E-state index is 0.289. The van der Waals surface area contributed by atoms with E-state index in [4.69, 9.17) is 5.14 Å². The number of primary sulfonamides is 1. The molecule has 0 saturated heterocycles. The van der Waals surface area contributed by atoms with Crippen LogP contribution in [0.2, 0.25) is 0 Å². The van der Waals surface area contributed by atoms with E-state index in [-0.39, 0.29) is 5.56 Å². The second kappa shape index (κ2) is 4.30. The Balaban J connectivity index is 2.76. The average Bonchev–Trinajstić information content (AvgIpc) is 2.03. The fourth-order valence-electron chi connectivity index (χ4n) is 1.02. The van der Waals surface area contributed by atoms with Gasteiger partial charge >= 0.3 is 6.36 Å². The normalized spacial score (nSPS) is 12.5. The molecule has 1 aromatic rings. The highest BCUT2D eigenvalue weighted by atomic mass is 32.2. The molecule has 0 bridgehead atoms. The summed E-state index contributed by atoms with van der Waals surface area (Å²) in [4.78, 5) is 0. The van der Waals surface area contributed by atoms with Crippen molar-refractivity contribution in [3.63, 3.8) is 0 Å². The van der Waals surface area contributed by atoms with Crippen molar-refractivity contribution < 1.29 is 26.3 Å². The lowest BCUT2D eigenvalue weighted by Gasteiger charge is -2.08. The van der Waals surface area contributed by atoms with Crippen LogP contribution in [-0.4, -0.2) is 14.8 Å². The molecule has 0 saturated carbocycles. The number of alkyl halides is 3. The molecule has 1 rings (SSSR count). The zero-order valence-electron chi connectivity index (χ0n) is 7.86. The Morgan fingerprint density at radius 2 is 1.69 bits per heavy atom. The molecule has 0 aliphatic rings. The lowest BCUT2D eigenvalue weighted by atomic mass is 10.2. The fourth-order valence-corrected chi connectivity index (χ4v) is 1.68. The number of sulfonamides is 1. The lowest BCUT2D eigenvalue weighted by Crippen LogP contribution is -2.17. The largest absolute Gasteiger partial charge is 0.573 e. The summed E-state index contributed by atoms with van der Waals surface area (Å²) in [5.74, 6) is -0.843. The van der Waals surface area contributed by atoms with Crippen molar-refractivity contribution in [2.75, 3.05) is 0 Å². The van der Waals surface area contributed by atoms with E-state index in [1.54, 1.807) is 0 Å². The van der Waals surface area contributed by atoms with Gasteiger partial charge in [-0.3, -0.25) is 0 Å². The van der Waals surface area contributed by atoms with Crippen LogP contribution < -0.4 is 9.88 Å². The molecule has 0 aliphatic heterocycles. The highest BCUT2D eigenvalue weighted by molar-refractivity contribution is 7.88. The molecule has 8 heteroatoms. The quantitative estimate of drug-likeness (QED) is 0.886. The molecular weight excluding hydrogens is 247 g/mol. The van der Waals surface area contributed by atoms with Crippen LogP contribution in [0.1, 0.15) is 5.56 Å². The van der Waals surface area contributed by atoms with Crippen LogP contribution >= 0.6 is 0 Å². The summed E-state index contributed by atoms with van der Waals surface area (Å²) in [6.07, 6.45) is -4.76. The lowest BCUT2D eigenvalue weighted by molar-refractivity contribution is -0.274. The van der Waals surface area contributed by atoms with Crippen molar-refractivity contribution in [1.82, 2.24) is 0 Å². The minimum atomic E-state index is -4.76. The Bertz CT molecular complexity index is 452. The van der Waals surface area contributed by atoms with Crippen LogP contribution in [0.25, 0.3) is 0 Å². The first-order chi connectivity index (χ1) is 7.16. The molecule has 0 atom stereocenters. The average molecular weight is 255 g/mol. The van der Waals surface area contributed by atoms with Crippen LogP contribution in [0.5, 0.6) is 5.75 Å². The second-order valence-corrected chi connectivity index (χ2v) is 4.61. The summed E-state index contributed by atoms with van der Waals surface area (Å²) < 4.78 is 60.3. The Hall–Kier alpha value is -1.28. The van der Waals surface area contributed by atoms with Gasteiger partial charge in [-0.2, -0.15) is 0 Å². The van der Waals surface area contributed by atoms with Gasteiger partial charge in [-0.25, -0.2) is 13.6 Å². The predicted octanol–water partition coefficient (Wildman–Crippen LogP) is 1.37. The number of rotatable bonds is 3. The van der Waals surface area contributed by atoms with Gasteiger partial charge in [-0.15, -0.1) is 13.2 Å². The molecule has 0 amide bonds. The van der Waals surface area contributed by atoms with E-state index < -0.39 is 27.9 Å². The van der Waals surface area contributed by atoms with Crippen LogP contribution in [0.3, 0.4) is 0 Å². The number of hydrogen-bond donors (Lipinski definition) is 1.